The highest BCUT2D eigenvalue weighted by atomic mass is 35.5. The van der Waals surface area contributed by atoms with Crippen molar-refractivity contribution in [1.82, 2.24) is 9.97 Å². The van der Waals surface area contributed by atoms with E-state index in [9.17, 15) is 4.79 Å². The Morgan fingerprint density at radius 2 is 1.47 bits per heavy atom. The van der Waals surface area contributed by atoms with Crippen LogP contribution in [0.25, 0.3) is 0 Å². The standard InChI is InChI=1S/C26H38N4O.ClH/c1-3-4-5-6-7-8-9-10-11-12-13-14-15-16-17-18-19-20-25(31)30-26-24(21-27)22-28-23(2)29-26;/h4-5,7-8,10-11,13-14,16-17,22H,3,6,9,12,15,18-21,27H2,1-2H3,(H,28,29,30,31);1H. The number of halogens is 1. The van der Waals surface area contributed by atoms with Gasteiger partial charge < -0.3 is 11.1 Å². The zero-order chi connectivity index (χ0) is 22.6. The molecule has 1 heterocycles. The number of unbranched alkanes of at least 4 members (excludes halogenated alkanes) is 1. The first kappa shape index (κ1) is 29.5. The Bertz CT molecular complexity index is 782. The highest BCUT2D eigenvalue weighted by Crippen LogP contribution is 2.11. The van der Waals surface area contributed by atoms with Crippen LogP contribution in [0.1, 0.15) is 69.7 Å². The number of anilines is 1. The quantitative estimate of drug-likeness (QED) is 0.231. The number of aromatic nitrogens is 2. The number of nitrogens with two attached hydrogens (primary N) is 1. The van der Waals surface area contributed by atoms with Gasteiger partial charge in [0.25, 0.3) is 0 Å². The molecule has 0 fully saturated rings. The summed E-state index contributed by atoms with van der Waals surface area (Å²) in [6.45, 7) is 4.24. The summed E-state index contributed by atoms with van der Waals surface area (Å²) in [6, 6.07) is 0. The third-order valence-corrected chi connectivity index (χ3v) is 4.40. The molecule has 1 rings (SSSR count). The second kappa shape index (κ2) is 20.4. The monoisotopic (exact) mass is 458 g/mol. The van der Waals surface area contributed by atoms with Crippen LogP contribution in [0.15, 0.2) is 67.0 Å². The molecule has 0 aliphatic carbocycles. The number of hydrogen-bond donors (Lipinski definition) is 2. The fourth-order valence-corrected chi connectivity index (χ4v) is 2.70. The maximum Gasteiger partial charge on any atom is 0.225 e. The molecule has 5 nitrogen and oxygen atoms in total. The van der Waals surface area contributed by atoms with Crippen LogP contribution in [0, 0.1) is 6.92 Å². The van der Waals surface area contributed by atoms with E-state index in [4.69, 9.17) is 5.73 Å². The van der Waals surface area contributed by atoms with E-state index < -0.39 is 0 Å². The summed E-state index contributed by atoms with van der Waals surface area (Å²) < 4.78 is 0. The van der Waals surface area contributed by atoms with Crippen molar-refractivity contribution in [2.75, 3.05) is 5.32 Å². The van der Waals surface area contributed by atoms with Gasteiger partial charge in [-0.05, 0) is 51.9 Å². The molecule has 1 aromatic rings. The zero-order valence-electron chi connectivity index (χ0n) is 19.5. The Kier molecular flexibility index (Phi) is 18.8. The molecule has 0 aliphatic heterocycles. The summed E-state index contributed by atoms with van der Waals surface area (Å²) in [5, 5.41) is 2.84. The molecule has 0 bridgehead atoms. The first-order valence-corrected chi connectivity index (χ1v) is 11.2. The number of allylic oxidation sites excluding steroid dienone is 10. The Balaban J connectivity index is 0.00000961. The number of amides is 1. The van der Waals surface area contributed by atoms with Crippen molar-refractivity contribution in [2.24, 2.45) is 5.73 Å². The van der Waals surface area contributed by atoms with Gasteiger partial charge in [0.15, 0.2) is 0 Å². The summed E-state index contributed by atoms with van der Waals surface area (Å²) in [6.07, 6.45) is 30.6. The lowest BCUT2D eigenvalue weighted by molar-refractivity contribution is -0.116. The minimum atomic E-state index is -0.0415. The summed E-state index contributed by atoms with van der Waals surface area (Å²) in [5.74, 6) is 1.10. The van der Waals surface area contributed by atoms with Gasteiger partial charge in [0, 0.05) is 24.7 Å². The van der Waals surface area contributed by atoms with Crippen LogP contribution in [0.5, 0.6) is 0 Å². The van der Waals surface area contributed by atoms with Crippen LogP contribution in [-0.4, -0.2) is 15.9 Å². The third kappa shape index (κ3) is 15.3. The molecule has 0 atom stereocenters. The van der Waals surface area contributed by atoms with Crippen LogP contribution in [-0.2, 0) is 11.3 Å². The molecule has 0 saturated carbocycles. The smallest absolute Gasteiger partial charge is 0.225 e. The van der Waals surface area contributed by atoms with Gasteiger partial charge in [0.05, 0.1) is 0 Å². The van der Waals surface area contributed by atoms with E-state index >= 15 is 0 Å². The molecule has 6 heteroatoms. The Morgan fingerprint density at radius 1 is 0.938 bits per heavy atom. The first-order chi connectivity index (χ1) is 15.2. The minimum Gasteiger partial charge on any atom is -0.326 e. The molecule has 0 radical (unpaired) electrons. The maximum absolute atomic E-state index is 12.1. The summed E-state index contributed by atoms with van der Waals surface area (Å²) >= 11 is 0. The van der Waals surface area contributed by atoms with Crippen molar-refractivity contribution >= 4 is 24.1 Å². The van der Waals surface area contributed by atoms with Gasteiger partial charge in [-0.25, -0.2) is 9.97 Å². The van der Waals surface area contributed by atoms with Gasteiger partial charge in [0.1, 0.15) is 11.6 Å². The van der Waals surface area contributed by atoms with E-state index in [2.05, 4.69) is 83.0 Å². The van der Waals surface area contributed by atoms with Crippen LogP contribution in [0.2, 0.25) is 0 Å². The van der Waals surface area contributed by atoms with E-state index in [0.29, 0.717) is 24.6 Å². The molecule has 1 aromatic heterocycles. The Morgan fingerprint density at radius 3 is 2.00 bits per heavy atom. The van der Waals surface area contributed by atoms with E-state index in [1.807, 2.05) is 0 Å². The average molecular weight is 459 g/mol. The molecule has 1 amide bonds. The van der Waals surface area contributed by atoms with Gasteiger partial charge >= 0.3 is 0 Å². The second-order valence-electron chi connectivity index (χ2n) is 7.14. The molecule has 3 N–H and O–H groups in total. The Labute approximate surface area is 200 Å². The predicted octanol–water partition coefficient (Wildman–Crippen LogP) is 6.53. The van der Waals surface area contributed by atoms with Crippen molar-refractivity contribution in [3.05, 3.63) is 78.3 Å². The minimum absolute atomic E-state index is 0. The van der Waals surface area contributed by atoms with Gasteiger partial charge in [-0.3, -0.25) is 4.79 Å². The topological polar surface area (TPSA) is 80.9 Å². The van der Waals surface area contributed by atoms with Crippen molar-refractivity contribution in [1.29, 1.82) is 0 Å². The SMILES string of the molecule is CCC=CCC=CCC=CCC=CCC=CCCCC(=O)Nc1nc(C)ncc1CN.Cl. The normalized spacial score (nSPS) is 12.0. The van der Waals surface area contributed by atoms with E-state index in [-0.39, 0.29) is 18.3 Å². The lowest BCUT2D eigenvalue weighted by Gasteiger charge is -2.08. The molecular formula is C26H39ClN4O. The summed E-state index contributed by atoms with van der Waals surface area (Å²) in [4.78, 5) is 20.5. The number of carbonyl (C=O) groups excluding carboxylic acids is 1. The van der Waals surface area contributed by atoms with Gasteiger partial charge in [-0.15, -0.1) is 12.4 Å². The molecular weight excluding hydrogens is 420 g/mol. The van der Waals surface area contributed by atoms with E-state index in [0.717, 1.165) is 50.5 Å². The number of nitrogens with one attached hydrogen (secondary N) is 1. The molecule has 32 heavy (non-hydrogen) atoms. The summed E-state index contributed by atoms with van der Waals surface area (Å²) in [5.41, 5.74) is 6.41. The number of rotatable bonds is 15. The number of hydrogen-bond acceptors (Lipinski definition) is 4. The molecule has 176 valence electrons. The fraction of sp³-hybridized carbons (Fsp3) is 0.423. The number of nitrogens with zero attached hydrogens (tertiary/aromatic N) is 2. The van der Waals surface area contributed by atoms with E-state index in [1.165, 1.54) is 0 Å². The van der Waals surface area contributed by atoms with Crippen molar-refractivity contribution in [2.45, 2.75) is 71.8 Å². The molecule has 0 aromatic carbocycles. The van der Waals surface area contributed by atoms with Crippen LogP contribution < -0.4 is 11.1 Å². The highest BCUT2D eigenvalue weighted by Gasteiger charge is 2.08. The molecule has 0 aliphatic rings. The van der Waals surface area contributed by atoms with Gasteiger partial charge in [-0.1, -0.05) is 67.7 Å². The molecule has 0 saturated heterocycles. The number of carbonyl (C=O) groups is 1. The second-order valence-corrected chi connectivity index (χ2v) is 7.14. The van der Waals surface area contributed by atoms with Gasteiger partial charge in [-0.2, -0.15) is 0 Å². The zero-order valence-corrected chi connectivity index (χ0v) is 20.3. The first-order valence-electron chi connectivity index (χ1n) is 11.2. The highest BCUT2D eigenvalue weighted by molar-refractivity contribution is 5.90. The fourth-order valence-electron chi connectivity index (χ4n) is 2.70. The summed E-state index contributed by atoms with van der Waals surface area (Å²) in [7, 11) is 0. The maximum atomic E-state index is 12.1. The van der Waals surface area contributed by atoms with Crippen molar-refractivity contribution in [3.63, 3.8) is 0 Å². The van der Waals surface area contributed by atoms with Crippen LogP contribution >= 0.6 is 12.4 Å². The van der Waals surface area contributed by atoms with Crippen LogP contribution in [0.3, 0.4) is 0 Å². The third-order valence-electron chi connectivity index (χ3n) is 4.40. The van der Waals surface area contributed by atoms with E-state index in [1.54, 1.807) is 13.1 Å². The molecule has 0 unspecified atom stereocenters. The van der Waals surface area contributed by atoms with Crippen molar-refractivity contribution < 1.29 is 4.79 Å². The lowest BCUT2D eigenvalue weighted by Crippen LogP contribution is -2.16. The van der Waals surface area contributed by atoms with Gasteiger partial charge in [0.2, 0.25) is 5.91 Å². The largest absolute Gasteiger partial charge is 0.326 e. The Hall–Kier alpha value is -2.50. The number of aryl methyl sites for hydroxylation is 1. The lowest BCUT2D eigenvalue weighted by atomic mass is 10.2. The average Bonchev–Trinajstić information content (AvgIpc) is 2.76. The molecule has 0 spiro atoms. The van der Waals surface area contributed by atoms with Crippen LogP contribution in [0.4, 0.5) is 5.82 Å². The predicted molar refractivity (Wildman–Crippen MR) is 139 cm³/mol. The van der Waals surface area contributed by atoms with Crippen molar-refractivity contribution in [3.8, 4) is 0 Å².